The molecule has 0 atom stereocenters. The molecule has 0 fully saturated rings. The Bertz CT molecular complexity index is 1000. The molecule has 0 saturated carbocycles. The summed E-state index contributed by atoms with van der Waals surface area (Å²) >= 11 is 0. The lowest BCUT2D eigenvalue weighted by Crippen LogP contribution is -2.15. The Labute approximate surface area is 153 Å². The Hall–Kier alpha value is -2.93. The number of hydrogen-bond acceptors (Lipinski definition) is 5. The first-order chi connectivity index (χ1) is 12.4. The number of nitrogens with one attached hydrogen (secondary N) is 1. The monoisotopic (exact) mass is 369 g/mol. The number of rotatable bonds is 6. The fourth-order valence-electron chi connectivity index (χ4n) is 2.36. The van der Waals surface area contributed by atoms with Crippen molar-refractivity contribution in [1.82, 2.24) is 9.97 Å². The van der Waals surface area contributed by atoms with Crippen LogP contribution in [0.2, 0.25) is 0 Å². The van der Waals surface area contributed by atoms with Crippen molar-refractivity contribution in [3.05, 3.63) is 77.6 Å². The summed E-state index contributed by atoms with van der Waals surface area (Å²) in [6, 6.07) is 14.4. The van der Waals surface area contributed by atoms with Gasteiger partial charge in [-0.1, -0.05) is 47.5 Å². The molecule has 0 aliphatic carbocycles. The second-order valence-electron chi connectivity index (χ2n) is 5.91. The first kappa shape index (κ1) is 17.9. The summed E-state index contributed by atoms with van der Waals surface area (Å²) in [4.78, 5) is 8.31. The summed E-state index contributed by atoms with van der Waals surface area (Å²) in [6.07, 6.45) is 2.86. The van der Waals surface area contributed by atoms with E-state index in [1.165, 1.54) is 12.4 Å². The lowest BCUT2D eigenvalue weighted by atomic mass is 10.1. The van der Waals surface area contributed by atoms with Gasteiger partial charge >= 0.3 is 0 Å². The number of nitrogens with zero attached hydrogens (tertiary/aromatic N) is 2. The lowest BCUT2D eigenvalue weighted by molar-refractivity contribution is 0.294. The maximum absolute atomic E-state index is 12.5. The van der Waals surface area contributed by atoms with Crippen molar-refractivity contribution in [2.24, 2.45) is 0 Å². The van der Waals surface area contributed by atoms with E-state index in [-0.39, 0.29) is 23.2 Å². The van der Waals surface area contributed by atoms with Crippen LogP contribution < -0.4 is 9.46 Å². The van der Waals surface area contributed by atoms with Crippen LogP contribution in [0.15, 0.2) is 65.8 Å². The molecule has 0 amide bonds. The molecule has 7 heteroatoms. The lowest BCUT2D eigenvalue weighted by Gasteiger charge is -2.12. The third kappa shape index (κ3) is 4.37. The fourth-order valence-corrected chi connectivity index (χ4v) is 3.36. The van der Waals surface area contributed by atoms with Crippen molar-refractivity contribution in [2.45, 2.75) is 25.3 Å². The topological polar surface area (TPSA) is 81.2 Å². The van der Waals surface area contributed by atoms with Crippen molar-refractivity contribution in [1.29, 1.82) is 0 Å². The molecule has 0 bridgehead atoms. The van der Waals surface area contributed by atoms with E-state index in [1.807, 2.05) is 38.1 Å². The number of benzene rings is 2. The highest BCUT2D eigenvalue weighted by Crippen LogP contribution is 2.23. The van der Waals surface area contributed by atoms with Crippen LogP contribution >= 0.6 is 0 Å². The first-order valence-corrected chi connectivity index (χ1v) is 9.51. The van der Waals surface area contributed by atoms with Crippen molar-refractivity contribution in [2.75, 3.05) is 4.72 Å². The molecule has 0 aliphatic heterocycles. The molecule has 6 nitrogen and oxygen atoms in total. The van der Waals surface area contributed by atoms with Gasteiger partial charge in [-0.15, -0.1) is 0 Å². The predicted molar refractivity (Wildman–Crippen MR) is 99.5 cm³/mol. The van der Waals surface area contributed by atoms with Gasteiger partial charge in [0.15, 0.2) is 0 Å². The summed E-state index contributed by atoms with van der Waals surface area (Å²) < 4.78 is 33.2. The Balaban J connectivity index is 1.79. The van der Waals surface area contributed by atoms with Gasteiger partial charge in [-0.05, 0) is 31.5 Å². The summed E-state index contributed by atoms with van der Waals surface area (Å²) in [6.45, 7) is 4.15. The molecule has 0 unspecified atom stereocenters. The highest BCUT2D eigenvalue weighted by molar-refractivity contribution is 7.92. The smallest absolute Gasteiger partial charge is 0.263 e. The molecule has 3 rings (SSSR count). The normalized spacial score (nSPS) is 11.2. The van der Waals surface area contributed by atoms with Crippen molar-refractivity contribution < 1.29 is 13.2 Å². The number of ether oxygens (including phenoxy) is 1. The molecule has 2 aromatic carbocycles. The van der Waals surface area contributed by atoms with Gasteiger partial charge in [-0.25, -0.2) is 18.4 Å². The third-order valence-corrected chi connectivity index (χ3v) is 5.04. The average Bonchev–Trinajstić information content (AvgIpc) is 2.61. The van der Waals surface area contributed by atoms with E-state index >= 15 is 0 Å². The number of anilines is 1. The van der Waals surface area contributed by atoms with Gasteiger partial charge in [0.05, 0.1) is 4.90 Å². The molecule has 0 aliphatic rings. The van der Waals surface area contributed by atoms with Gasteiger partial charge < -0.3 is 4.74 Å². The molecule has 134 valence electrons. The van der Waals surface area contributed by atoms with Gasteiger partial charge in [-0.3, -0.25) is 4.72 Å². The van der Waals surface area contributed by atoms with Gasteiger partial charge in [0, 0.05) is 12.4 Å². The van der Waals surface area contributed by atoms with E-state index in [0.717, 1.165) is 16.7 Å². The minimum Gasteiger partial charge on any atom is -0.470 e. The molecular weight excluding hydrogens is 350 g/mol. The molecule has 0 saturated heterocycles. The van der Waals surface area contributed by atoms with Crippen LogP contribution in [0.5, 0.6) is 5.88 Å². The number of hydrogen-bond donors (Lipinski definition) is 1. The minimum atomic E-state index is -3.77. The van der Waals surface area contributed by atoms with E-state index in [0.29, 0.717) is 0 Å². The molecule has 0 spiro atoms. The van der Waals surface area contributed by atoms with Crippen molar-refractivity contribution in [3.63, 3.8) is 0 Å². The van der Waals surface area contributed by atoms with Crippen LogP contribution in [-0.2, 0) is 16.6 Å². The van der Waals surface area contributed by atoms with Gasteiger partial charge in [0.25, 0.3) is 15.9 Å². The maximum Gasteiger partial charge on any atom is 0.263 e. The molecule has 1 aromatic heterocycles. The second kappa shape index (κ2) is 7.53. The quantitative estimate of drug-likeness (QED) is 0.719. The number of aromatic nitrogens is 2. The Kier molecular flexibility index (Phi) is 5.18. The zero-order valence-electron chi connectivity index (χ0n) is 14.5. The van der Waals surface area contributed by atoms with E-state index in [2.05, 4.69) is 14.7 Å². The Morgan fingerprint density at radius 1 is 0.962 bits per heavy atom. The van der Waals surface area contributed by atoms with Gasteiger partial charge in [0.2, 0.25) is 5.82 Å². The van der Waals surface area contributed by atoms with Crippen LogP contribution in [0.3, 0.4) is 0 Å². The van der Waals surface area contributed by atoms with Crippen LogP contribution in [0, 0.1) is 13.8 Å². The third-order valence-electron chi connectivity index (χ3n) is 3.69. The maximum atomic E-state index is 12.5. The number of sulfonamides is 1. The van der Waals surface area contributed by atoms with Gasteiger partial charge in [0.1, 0.15) is 6.61 Å². The van der Waals surface area contributed by atoms with E-state index in [4.69, 9.17) is 4.74 Å². The summed E-state index contributed by atoms with van der Waals surface area (Å²) in [5, 5.41) is 0. The largest absolute Gasteiger partial charge is 0.470 e. The average molecular weight is 369 g/mol. The fraction of sp³-hybridized carbons (Fsp3) is 0.158. The Morgan fingerprint density at radius 3 is 2.42 bits per heavy atom. The molecule has 1 N–H and O–H groups in total. The van der Waals surface area contributed by atoms with Crippen molar-refractivity contribution >= 4 is 15.8 Å². The van der Waals surface area contributed by atoms with E-state index < -0.39 is 10.0 Å². The minimum absolute atomic E-state index is 0.0562. The zero-order chi connectivity index (χ0) is 18.6. The zero-order valence-corrected chi connectivity index (χ0v) is 15.3. The molecule has 26 heavy (non-hydrogen) atoms. The van der Waals surface area contributed by atoms with E-state index in [1.54, 1.807) is 24.3 Å². The second-order valence-corrected chi connectivity index (χ2v) is 7.59. The SMILES string of the molecule is Cc1ccc(S(=O)(=O)Nc2nccnc2OCc2cccc(C)c2)cc1. The highest BCUT2D eigenvalue weighted by Gasteiger charge is 2.18. The predicted octanol–water partition coefficient (Wildman–Crippen LogP) is 3.47. The van der Waals surface area contributed by atoms with Crippen LogP contribution in [0.4, 0.5) is 5.82 Å². The summed E-state index contributed by atoms with van der Waals surface area (Å²) in [7, 11) is -3.77. The van der Waals surface area contributed by atoms with Crippen LogP contribution in [0.1, 0.15) is 16.7 Å². The number of aryl methyl sites for hydroxylation is 2. The molecule has 3 aromatic rings. The summed E-state index contributed by atoms with van der Waals surface area (Å²) in [5.74, 6) is 0.186. The van der Waals surface area contributed by atoms with E-state index in [9.17, 15) is 8.42 Å². The first-order valence-electron chi connectivity index (χ1n) is 8.03. The molecular formula is C19H19N3O3S. The van der Waals surface area contributed by atoms with Crippen LogP contribution in [0.25, 0.3) is 0 Å². The van der Waals surface area contributed by atoms with Crippen LogP contribution in [-0.4, -0.2) is 18.4 Å². The Morgan fingerprint density at radius 2 is 1.69 bits per heavy atom. The summed E-state index contributed by atoms with van der Waals surface area (Å²) in [5.41, 5.74) is 3.05. The molecule has 1 heterocycles. The standard InChI is InChI=1S/C19H19N3O3S/c1-14-6-8-17(9-7-14)26(23,24)22-18-19(21-11-10-20-18)25-13-16-5-3-4-15(2)12-16/h3-12H,13H2,1-2H3,(H,20,22). The molecule has 0 radical (unpaired) electrons. The highest BCUT2D eigenvalue weighted by atomic mass is 32.2. The van der Waals surface area contributed by atoms with Gasteiger partial charge in [-0.2, -0.15) is 0 Å². The van der Waals surface area contributed by atoms with Crippen molar-refractivity contribution in [3.8, 4) is 5.88 Å².